The van der Waals surface area contributed by atoms with E-state index in [2.05, 4.69) is 5.32 Å². The zero-order valence-electron chi connectivity index (χ0n) is 11.8. The van der Waals surface area contributed by atoms with Gasteiger partial charge in [0.2, 0.25) is 5.91 Å². The zero-order valence-corrected chi connectivity index (χ0v) is 12.5. The first-order valence-electron chi connectivity index (χ1n) is 6.75. The van der Waals surface area contributed by atoms with Crippen LogP contribution < -0.4 is 5.32 Å². The van der Waals surface area contributed by atoms with Crippen LogP contribution in [0.15, 0.2) is 24.3 Å². The molecule has 0 fully saturated rings. The molecule has 2 N–H and O–H groups in total. The summed E-state index contributed by atoms with van der Waals surface area (Å²) in [6.07, 6.45) is 1.02. The summed E-state index contributed by atoms with van der Waals surface area (Å²) in [6.45, 7) is 1.84. The Morgan fingerprint density at radius 2 is 1.81 bits per heavy atom. The van der Waals surface area contributed by atoms with Crippen LogP contribution in [0.3, 0.4) is 0 Å². The molecule has 1 aromatic carbocycles. The topological polar surface area (TPSA) is 83.5 Å². The molecule has 1 atom stereocenters. The molecule has 5 nitrogen and oxygen atoms in total. The first-order chi connectivity index (χ1) is 9.93. The number of ketones is 1. The summed E-state index contributed by atoms with van der Waals surface area (Å²) in [6, 6.07) is 5.51. The van der Waals surface area contributed by atoms with Gasteiger partial charge in [-0.2, -0.15) is 0 Å². The Balaban J connectivity index is 2.46. The van der Waals surface area contributed by atoms with E-state index in [-0.39, 0.29) is 18.6 Å². The van der Waals surface area contributed by atoms with Crippen molar-refractivity contribution in [2.75, 3.05) is 0 Å². The number of carbonyl (C=O) groups excluding carboxylic acids is 2. The highest BCUT2D eigenvalue weighted by molar-refractivity contribution is 6.30. The lowest BCUT2D eigenvalue weighted by atomic mass is 10.1. The molecule has 0 saturated heterocycles. The molecule has 0 aliphatic rings. The van der Waals surface area contributed by atoms with Crippen molar-refractivity contribution in [1.29, 1.82) is 0 Å². The number of hydrogen-bond acceptors (Lipinski definition) is 3. The van der Waals surface area contributed by atoms with Crippen molar-refractivity contribution in [3.8, 4) is 0 Å². The fourth-order valence-corrected chi connectivity index (χ4v) is 1.95. The Bertz CT molecular complexity index is 513. The van der Waals surface area contributed by atoms with E-state index < -0.39 is 17.9 Å². The van der Waals surface area contributed by atoms with E-state index in [1.54, 1.807) is 24.3 Å². The summed E-state index contributed by atoms with van der Waals surface area (Å²) in [5.41, 5.74) is 0.482. The van der Waals surface area contributed by atoms with Crippen molar-refractivity contribution in [3.63, 3.8) is 0 Å². The molecule has 1 amide bonds. The quantitative estimate of drug-likeness (QED) is 0.723. The number of halogens is 1. The molecule has 1 rings (SSSR count). The minimum Gasteiger partial charge on any atom is -0.480 e. The van der Waals surface area contributed by atoms with Gasteiger partial charge >= 0.3 is 5.97 Å². The molecule has 0 aliphatic heterocycles. The average molecular weight is 312 g/mol. The second-order valence-electron chi connectivity index (χ2n) is 4.68. The van der Waals surface area contributed by atoms with E-state index in [1.165, 1.54) is 0 Å². The van der Waals surface area contributed by atoms with Crippen LogP contribution in [-0.4, -0.2) is 28.8 Å². The van der Waals surface area contributed by atoms with Crippen molar-refractivity contribution in [2.24, 2.45) is 0 Å². The maximum atomic E-state index is 11.9. The number of rotatable bonds is 8. The predicted molar refractivity (Wildman–Crippen MR) is 79.5 cm³/mol. The van der Waals surface area contributed by atoms with Crippen molar-refractivity contribution in [2.45, 2.75) is 38.6 Å². The Labute approximate surface area is 128 Å². The van der Waals surface area contributed by atoms with E-state index in [4.69, 9.17) is 16.7 Å². The number of nitrogens with one attached hydrogen (secondary N) is 1. The Kier molecular flexibility index (Phi) is 6.88. The summed E-state index contributed by atoms with van der Waals surface area (Å²) < 4.78 is 0. The molecule has 21 heavy (non-hydrogen) atoms. The maximum absolute atomic E-state index is 11.9. The van der Waals surface area contributed by atoms with Crippen LogP contribution in [0.4, 0.5) is 0 Å². The molecule has 0 spiro atoms. The highest BCUT2D eigenvalue weighted by Gasteiger charge is 2.19. The normalized spacial score (nSPS) is 11.7. The predicted octanol–water partition coefficient (Wildman–Crippen LogP) is 2.67. The average Bonchev–Trinajstić information content (AvgIpc) is 2.45. The lowest BCUT2D eigenvalue weighted by Crippen LogP contribution is -2.40. The Morgan fingerprint density at radius 1 is 1.19 bits per heavy atom. The molecule has 6 heteroatoms. The van der Waals surface area contributed by atoms with E-state index >= 15 is 0 Å². The number of benzene rings is 1. The first-order valence-corrected chi connectivity index (χ1v) is 7.12. The molecule has 1 aromatic rings. The lowest BCUT2D eigenvalue weighted by molar-refractivity contribution is -0.142. The molecule has 1 unspecified atom stereocenters. The summed E-state index contributed by atoms with van der Waals surface area (Å²) in [4.78, 5) is 34.5. The molecule has 0 heterocycles. The fourth-order valence-electron chi connectivity index (χ4n) is 1.82. The summed E-state index contributed by atoms with van der Waals surface area (Å²) in [5, 5.41) is 11.9. The van der Waals surface area contributed by atoms with Crippen molar-refractivity contribution >= 4 is 29.3 Å². The van der Waals surface area contributed by atoms with E-state index in [1.807, 2.05) is 6.92 Å². The lowest BCUT2D eigenvalue weighted by Gasteiger charge is -2.13. The van der Waals surface area contributed by atoms with Crippen LogP contribution >= 0.6 is 11.6 Å². The largest absolute Gasteiger partial charge is 0.480 e. The molecule has 114 valence electrons. The third-order valence-electron chi connectivity index (χ3n) is 2.96. The van der Waals surface area contributed by atoms with Crippen LogP contribution in [0.1, 0.15) is 43.0 Å². The van der Waals surface area contributed by atoms with Crippen LogP contribution in [0.2, 0.25) is 5.02 Å². The number of carboxylic acid groups (broad SMARTS) is 1. The van der Waals surface area contributed by atoms with Crippen LogP contribution in [0.5, 0.6) is 0 Å². The van der Waals surface area contributed by atoms with Crippen LogP contribution in [0.25, 0.3) is 0 Å². The van der Waals surface area contributed by atoms with Gasteiger partial charge in [-0.15, -0.1) is 0 Å². The summed E-state index contributed by atoms with van der Waals surface area (Å²) in [7, 11) is 0. The molecule has 0 aliphatic carbocycles. The Hall–Kier alpha value is -1.88. The van der Waals surface area contributed by atoms with E-state index in [9.17, 15) is 14.4 Å². The zero-order chi connectivity index (χ0) is 15.8. The van der Waals surface area contributed by atoms with Gasteiger partial charge in [0.05, 0.1) is 0 Å². The summed E-state index contributed by atoms with van der Waals surface area (Å²) >= 11 is 5.73. The number of carbonyl (C=O) groups is 3. The minimum atomic E-state index is -1.06. The number of amides is 1. The molecule has 0 bridgehead atoms. The second kappa shape index (κ2) is 8.42. The third-order valence-corrected chi connectivity index (χ3v) is 3.21. The molecule has 0 saturated carbocycles. The minimum absolute atomic E-state index is 0.0328. The molecular weight excluding hydrogens is 294 g/mol. The van der Waals surface area contributed by atoms with Gasteiger partial charge in [-0.25, -0.2) is 4.79 Å². The van der Waals surface area contributed by atoms with Crippen molar-refractivity contribution in [3.05, 3.63) is 34.9 Å². The molecular formula is C15H18ClNO4. The highest BCUT2D eigenvalue weighted by atomic mass is 35.5. The standard InChI is InChI=1S/C15H18ClNO4/c1-2-3-12(15(20)21)17-14(19)9-8-13(18)10-4-6-11(16)7-5-10/h4-7,12H,2-3,8-9H2,1H3,(H,17,19)(H,20,21). The molecule has 0 radical (unpaired) electrons. The van der Waals surface area contributed by atoms with Gasteiger partial charge in [-0.05, 0) is 30.7 Å². The van der Waals surface area contributed by atoms with E-state index in [0.29, 0.717) is 23.4 Å². The molecule has 0 aromatic heterocycles. The van der Waals surface area contributed by atoms with Gasteiger partial charge in [0.25, 0.3) is 0 Å². The van der Waals surface area contributed by atoms with Gasteiger partial charge in [0.15, 0.2) is 5.78 Å². The van der Waals surface area contributed by atoms with Crippen molar-refractivity contribution in [1.82, 2.24) is 5.32 Å². The Morgan fingerprint density at radius 3 is 2.33 bits per heavy atom. The number of Topliss-reactive ketones (excluding diaryl/α,β-unsaturated/α-hetero) is 1. The van der Waals surface area contributed by atoms with Gasteiger partial charge < -0.3 is 10.4 Å². The highest BCUT2D eigenvalue weighted by Crippen LogP contribution is 2.12. The van der Waals surface area contributed by atoms with Crippen LogP contribution in [-0.2, 0) is 9.59 Å². The number of hydrogen-bond donors (Lipinski definition) is 2. The van der Waals surface area contributed by atoms with Crippen LogP contribution in [0, 0.1) is 0 Å². The monoisotopic (exact) mass is 311 g/mol. The number of aliphatic carboxylic acids is 1. The maximum Gasteiger partial charge on any atom is 0.326 e. The first kappa shape index (κ1) is 17.2. The fraction of sp³-hybridized carbons (Fsp3) is 0.400. The number of carboxylic acids is 1. The second-order valence-corrected chi connectivity index (χ2v) is 5.11. The van der Waals surface area contributed by atoms with Gasteiger partial charge in [0, 0.05) is 23.4 Å². The third kappa shape index (κ3) is 5.95. The smallest absolute Gasteiger partial charge is 0.326 e. The summed E-state index contributed by atoms with van der Waals surface area (Å²) in [5.74, 6) is -1.67. The van der Waals surface area contributed by atoms with Gasteiger partial charge in [-0.3, -0.25) is 9.59 Å². The van der Waals surface area contributed by atoms with Crippen molar-refractivity contribution < 1.29 is 19.5 Å². The van der Waals surface area contributed by atoms with Gasteiger partial charge in [0.1, 0.15) is 6.04 Å². The van der Waals surface area contributed by atoms with Gasteiger partial charge in [-0.1, -0.05) is 24.9 Å². The SMILES string of the molecule is CCCC(NC(=O)CCC(=O)c1ccc(Cl)cc1)C(=O)O. The van der Waals surface area contributed by atoms with E-state index in [0.717, 1.165) is 0 Å².